The maximum absolute atomic E-state index is 8.58. The minimum atomic E-state index is -1.34. The summed E-state index contributed by atoms with van der Waals surface area (Å²) in [5, 5.41) is 17.2. The van der Waals surface area contributed by atoms with Gasteiger partial charge in [-0.05, 0) is 120 Å². The van der Waals surface area contributed by atoms with E-state index in [-0.39, 0.29) is 33.6 Å². The number of halogens is 3. The standard InChI is InChI=1S/C16H19BN2O2.C12H24B2O4.C10H7BrN2.C6H7BO2.C4H2BrIN2/c1-15(2)16(3,4)21-17(20-15)13-10-18-14(19-11-13)12-8-6-5-7-9-12;1-9(2)10(3,4)16-13(15-9)14-17-11(5,6)12(7,8)18-14;11-9-6-12-10(13-7-9)8-4-2-1-3-5-8;8-7(9)6-4-2-1-3-5-6;5-3-1-7-4(6)8-2-3/h5-11H,1-4H3;1-8H3;1-7H;1-5,8-9H;1-2H. The number of rotatable bonds is 5. The van der Waals surface area contributed by atoms with Crippen molar-refractivity contribution in [2.75, 3.05) is 0 Å². The van der Waals surface area contributed by atoms with Crippen LogP contribution in [0.25, 0.3) is 22.8 Å². The van der Waals surface area contributed by atoms with E-state index in [4.69, 9.17) is 38.0 Å². The van der Waals surface area contributed by atoms with Gasteiger partial charge in [0.05, 0.1) is 42.6 Å². The first-order valence-corrected chi connectivity index (χ1v) is 24.9. The molecule has 14 nitrogen and oxygen atoms in total. The molecular weight excluding hydrogens is 1120 g/mol. The van der Waals surface area contributed by atoms with Crippen molar-refractivity contribution in [2.24, 2.45) is 0 Å². The smallest absolute Gasteiger partial charge is 0.423 e. The Labute approximate surface area is 438 Å². The molecule has 3 aliphatic heterocycles. The molecule has 3 saturated heterocycles. The molecule has 0 unspecified atom stereocenters. The van der Waals surface area contributed by atoms with E-state index in [1.807, 2.05) is 150 Å². The predicted octanol–water partition coefficient (Wildman–Crippen LogP) is 8.81. The highest BCUT2D eigenvalue weighted by Crippen LogP contribution is 2.43. The molecule has 362 valence electrons. The van der Waals surface area contributed by atoms with Crippen LogP contribution in [0.15, 0.2) is 137 Å². The number of hydrogen-bond acceptors (Lipinski definition) is 14. The van der Waals surface area contributed by atoms with E-state index in [0.717, 1.165) is 35.2 Å². The highest BCUT2D eigenvalue weighted by molar-refractivity contribution is 14.1. The zero-order chi connectivity index (χ0) is 50.8. The first kappa shape index (κ1) is 56.4. The molecule has 0 saturated carbocycles. The first-order valence-electron chi connectivity index (χ1n) is 22.2. The molecule has 9 rings (SSSR count). The van der Waals surface area contributed by atoms with Gasteiger partial charge < -0.3 is 38.0 Å². The second-order valence-corrected chi connectivity index (χ2v) is 21.9. The number of aromatic nitrogens is 6. The second-order valence-electron chi connectivity index (χ2n) is 19.1. The summed E-state index contributed by atoms with van der Waals surface area (Å²) in [5.74, 6) is 1.46. The van der Waals surface area contributed by atoms with Crippen LogP contribution < -0.4 is 10.9 Å². The van der Waals surface area contributed by atoms with Gasteiger partial charge in [0.15, 0.2) is 15.5 Å². The van der Waals surface area contributed by atoms with Crippen LogP contribution in [0.3, 0.4) is 0 Å². The summed E-state index contributed by atoms with van der Waals surface area (Å²) in [5.41, 5.74) is 1.26. The van der Waals surface area contributed by atoms with Gasteiger partial charge in [-0.25, -0.2) is 29.9 Å². The fraction of sp³-hybridized carbons (Fsp3) is 0.375. The monoisotopic (exact) mass is 1180 g/mol. The molecule has 0 bridgehead atoms. The van der Waals surface area contributed by atoms with E-state index in [9.17, 15) is 0 Å². The molecule has 3 aliphatic rings. The molecule has 0 spiro atoms. The lowest BCUT2D eigenvalue weighted by Gasteiger charge is -2.32. The van der Waals surface area contributed by atoms with Crippen LogP contribution in [0.2, 0.25) is 0 Å². The highest BCUT2D eigenvalue weighted by Gasteiger charge is 2.63. The molecule has 0 aliphatic carbocycles. The fourth-order valence-corrected chi connectivity index (χ4v) is 6.83. The molecule has 69 heavy (non-hydrogen) atoms. The largest absolute Gasteiger partial charge is 0.498 e. The quantitative estimate of drug-likeness (QED) is 0.0953. The fourth-order valence-electron chi connectivity index (χ4n) is 6.14. The van der Waals surface area contributed by atoms with Gasteiger partial charge in [0, 0.05) is 76.4 Å². The lowest BCUT2D eigenvalue weighted by atomic mass is 9.49. The van der Waals surface area contributed by atoms with Crippen molar-refractivity contribution in [1.29, 1.82) is 0 Å². The molecular formula is C48H59B4Br2IN6O8. The maximum Gasteiger partial charge on any atom is 0.498 e. The van der Waals surface area contributed by atoms with E-state index >= 15 is 0 Å². The van der Waals surface area contributed by atoms with Gasteiger partial charge in [-0.1, -0.05) is 91.0 Å². The van der Waals surface area contributed by atoms with Crippen molar-refractivity contribution >= 4 is 93.6 Å². The van der Waals surface area contributed by atoms with Crippen molar-refractivity contribution in [3.8, 4) is 22.8 Å². The molecule has 3 fully saturated rings. The van der Waals surface area contributed by atoms with Crippen LogP contribution in [0.5, 0.6) is 0 Å². The average Bonchev–Trinajstić information content (AvgIpc) is 3.78. The van der Waals surface area contributed by atoms with Gasteiger partial charge in [0.2, 0.25) is 0 Å². The van der Waals surface area contributed by atoms with Crippen LogP contribution in [0, 0.1) is 3.83 Å². The molecule has 0 amide bonds. The Hall–Kier alpha value is -3.47. The average molecular weight is 1180 g/mol. The number of hydrogen-bond donors (Lipinski definition) is 2. The summed E-state index contributed by atoms with van der Waals surface area (Å²) in [4.78, 5) is 25.0. The zero-order valence-corrected chi connectivity index (χ0v) is 46.4. The van der Waals surface area contributed by atoms with Crippen molar-refractivity contribution in [2.45, 2.75) is 117 Å². The van der Waals surface area contributed by atoms with E-state index in [1.165, 1.54) is 0 Å². The Balaban J connectivity index is 0.000000168. The van der Waals surface area contributed by atoms with Crippen LogP contribution in [-0.2, 0) is 27.9 Å². The molecule has 0 radical (unpaired) electrons. The Morgan fingerprint density at radius 1 is 0.435 bits per heavy atom. The third-order valence-corrected chi connectivity index (χ3v) is 13.7. The van der Waals surface area contributed by atoms with E-state index in [1.54, 1.807) is 61.4 Å². The third-order valence-electron chi connectivity index (χ3n) is 12.3. The van der Waals surface area contributed by atoms with E-state index in [2.05, 4.69) is 84.4 Å². The van der Waals surface area contributed by atoms with Gasteiger partial charge in [-0.2, -0.15) is 0 Å². The summed E-state index contributed by atoms with van der Waals surface area (Å²) in [6, 6.07) is 28.5. The molecule has 2 N–H and O–H groups in total. The van der Waals surface area contributed by atoms with Crippen LogP contribution >= 0.6 is 54.5 Å². The Morgan fingerprint density at radius 2 is 0.725 bits per heavy atom. The summed E-state index contributed by atoms with van der Waals surface area (Å²) < 4.78 is 38.4. The number of nitrogens with zero attached hydrogens (tertiary/aromatic N) is 6. The van der Waals surface area contributed by atoms with Crippen LogP contribution in [0.1, 0.15) is 83.1 Å². The predicted molar refractivity (Wildman–Crippen MR) is 289 cm³/mol. The van der Waals surface area contributed by atoms with Gasteiger partial charge in [0.25, 0.3) is 0 Å². The van der Waals surface area contributed by atoms with Gasteiger partial charge >= 0.3 is 28.3 Å². The molecule has 6 heterocycles. The van der Waals surface area contributed by atoms with E-state index < -0.39 is 28.3 Å². The molecule has 3 aromatic carbocycles. The Morgan fingerprint density at radius 3 is 1.03 bits per heavy atom. The zero-order valence-electron chi connectivity index (χ0n) is 41.1. The van der Waals surface area contributed by atoms with E-state index in [0.29, 0.717) is 11.3 Å². The van der Waals surface area contributed by atoms with Crippen LogP contribution in [0.4, 0.5) is 0 Å². The van der Waals surface area contributed by atoms with Crippen LogP contribution in [-0.4, -0.2) is 102 Å². The minimum absolute atomic E-state index is 0.351. The molecule has 21 heteroatoms. The van der Waals surface area contributed by atoms with Gasteiger partial charge in [-0.3, -0.25) is 0 Å². The maximum atomic E-state index is 8.58. The van der Waals surface area contributed by atoms with Crippen molar-refractivity contribution < 1.29 is 38.0 Å². The van der Waals surface area contributed by atoms with Gasteiger partial charge in [-0.15, -0.1) is 0 Å². The minimum Gasteiger partial charge on any atom is -0.423 e. The van der Waals surface area contributed by atoms with Gasteiger partial charge in [0.1, 0.15) is 0 Å². The Kier molecular flexibility index (Phi) is 19.5. The third kappa shape index (κ3) is 15.5. The highest BCUT2D eigenvalue weighted by atomic mass is 127. The topological polar surface area (TPSA) is 173 Å². The normalized spacial score (nSPS) is 18.5. The summed E-state index contributed by atoms with van der Waals surface area (Å²) >= 11 is 8.56. The first-order chi connectivity index (χ1) is 32.2. The Bertz CT molecular complexity index is 2410. The SMILES string of the molecule is Brc1cnc(-c2ccccc2)nc1.Brc1cnc(I)nc1.CC1(C)OB(B2OC(C)(C)C(C)(C)O2)OC1(C)C.CC1(C)OB(c2cnc(-c3ccccc3)nc2)OC1(C)C.OB(O)c1ccccc1. The molecule has 0 atom stereocenters. The summed E-state index contributed by atoms with van der Waals surface area (Å²) in [6.45, 7) is 24.3. The van der Waals surface area contributed by atoms with Crippen molar-refractivity contribution in [1.82, 2.24) is 29.9 Å². The van der Waals surface area contributed by atoms with Crippen molar-refractivity contribution in [3.63, 3.8) is 0 Å². The lowest BCUT2D eigenvalue weighted by Crippen LogP contribution is -2.41. The number of benzene rings is 3. The second kappa shape index (κ2) is 23.8. The lowest BCUT2D eigenvalue weighted by molar-refractivity contribution is 0.00578. The molecule has 3 aromatic heterocycles. The van der Waals surface area contributed by atoms with Crippen molar-refractivity contribution in [3.05, 3.63) is 141 Å². The summed E-state index contributed by atoms with van der Waals surface area (Å²) in [6.07, 6.45) is 10.5. The molecule has 6 aromatic rings. The summed E-state index contributed by atoms with van der Waals surface area (Å²) in [7, 11) is -2.71.